The summed E-state index contributed by atoms with van der Waals surface area (Å²) in [7, 11) is -1.75. The van der Waals surface area contributed by atoms with Crippen LogP contribution in [0.5, 0.6) is 0 Å². The molecule has 2 spiro atoms. The number of hydrogen-bond donors (Lipinski definition) is 1. The molecule has 6 nitrogen and oxygen atoms in total. The fraction of sp³-hybridized carbons (Fsp3) is 0.913. The molecule has 1 unspecified atom stereocenters. The molecule has 7 heteroatoms. The normalized spacial score (nSPS) is 44.2. The monoisotopic (exact) mass is 440 g/mol. The number of fused-ring (bicyclic) bond motifs is 1. The SMILES string of the molecule is C[C@@H]1C[C@H]2OC(O)C[C@H]2O[C@@]12CC[C@]1(CC=C[C@@H](CCO[Si](C)(C)C(C)(C)C)O1)O2. The molecular formula is C23H40O6Si. The second-order valence-electron chi connectivity index (χ2n) is 11.2. The summed E-state index contributed by atoms with van der Waals surface area (Å²) >= 11 is 0. The van der Waals surface area contributed by atoms with Gasteiger partial charge in [-0.15, -0.1) is 0 Å². The highest BCUT2D eigenvalue weighted by Gasteiger charge is 2.59. The summed E-state index contributed by atoms with van der Waals surface area (Å²) < 4.78 is 31.6. The van der Waals surface area contributed by atoms with Crippen molar-refractivity contribution in [1.82, 2.24) is 0 Å². The van der Waals surface area contributed by atoms with Gasteiger partial charge in [0.15, 0.2) is 26.2 Å². The van der Waals surface area contributed by atoms with Gasteiger partial charge in [0.05, 0.1) is 18.3 Å². The predicted octanol–water partition coefficient (Wildman–Crippen LogP) is 4.48. The first-order valence-corrected chi connectivity index (χ1v) is 14.5. The Hall–Kier alpha value is -0.283. The summed E-state index contributed by atoms with van der Waals surface area (Å²) in [6, 6.07) is 0. The van der Waals surface area contributed by atoms with Crippen LogP contribution in [0, 0.1) is 5.92 Å². The largest absolute Gasteiger partial charge is 0.417 e. The van der Waals surface area contributed by atoms with Gasteiger partial charge in [-0.25, -0.2) is 0 Å². The van der Waals surface area contributed by atoms with Crippen molar-refractivity contribution in [3.05, 3.63) is 12.2 Å². The molecule has 0 radical (unpaired) electrons. The summed E-state index contributed by atoms with van der Waals surface area (Å²) in [5.41, 5.74) is 0. The third kappa shape index (κ3) is 4.31. The molecule has 0 amide bonds. The van der Waals surface area contributed by atoms with Crippen molar-refractivity contribution in [2.24, 2.45) is 5.92 Å². The summed E-state index contributed by atoms with van der Waals surface area (Å²) in [5.74, 6) is -1.06. The highest BCUT2D eigenvalue weighted by atomic mass is 28.4. The highest BCUT2D eigenvalue weighted by molar-refractivity contribution is 6.74. The lowest BCUT2D eigenvalue weighted by Gasteiger charge is -2.46. The third-order valence-corrected chi connectivity index (χ3v) is 12.4. The minimum atomic E-state index is -1.75. The number of aliphatic hydroxyl groups is 1. The Kier molecular flexibility index (Phi) is 6.06. The van der Waals surface area contributed by atoms with Crippen LogP contribution in [0.15, 0.2) is 12.2 Å². The maximum atomic E-state index is 9.86. The van der Waals surface area contributed by atoms with Crippen molar-refractivity contribution in [2.75, 3.05) is 6.61 Å². The van der Waals surface area contributed by atoms with Crippen molar-refractivity contribution in [2.45, 2.75) is 121 Å². The van der Waals surface area contributed by atoms with Crippen LogP contribution >= 0.6 is 0 Å². The minimum Gasteiger partial charge on any atom is -0.417 e. The van der Waals surface area contributed by atoms with E-state index in [2.05, 4.69) is 52.9 Å². The lowest BCUT2D eigenvalue weighted by molar-refractivity contribution is -0.368. The predicted molar refractivity (Wildman–Crippen MR) is 116 cm³/mol. The maximum absolute atomic E-state index is 9.86. The van der Waals surface area contributed by atoms with E-state index in [9.17, 15) is 5.11 Å². The van der Waals surface area contributed by atoms with Crippen LogP contribution in [0.25, 0.3) is 0 Å². The van der Waals surface area contributed by atoms with Gasteiger partial charge in [-0.1, -0.05) is 39.8 Å². The van der Waals surface area contributed by atoms with E-state index in [1.165, 1.54) is 0 Å². The van der Waals surface area contributed by atoms with Crippen LogP contribution in [0.3, 0.4) is 0 Å². The molecule has 4 rings (SSSR count). The fourth-order valence-electron chi connectivity index (χ4n) is 4.93. The molecule has 30 heavy (non-hydrogen) atoms. The highest BCUT2D eigenvalue weighted by Crippen LogP contribution is 2.52. The van der Waals surface area contributed by atoms with Gasteiger partial charge in [0, 0.05) is 38.2 Å². The van der Waals surface area contributed by atoms with Gasteiger partial charge < -0.3 is 28.5 Å². The third-order valence-electron chi connectivity index (χ3n) is 7.90. The van der Waals surface area contributed by atoms with E-state index in [0.717, 1.165) is 32.1 Å². The zero-order valence-electron chi connectivity index (χ0n) is 19.5. The molecule has 7 atom stereocenters. The maximum Gasteiger partial charge on any atom is 0.191 e. The van der Waals surface area contributed by atoms with Crippen LogP contribution in [0.4, 0.5) is 0 Å². The summed E-state index contributed by atoms with van der Waals surface area (Å²) in [4.78, 5) is 0. The first-order valence-electron chi connectivity index (χ1n) is 11.6. The van der Waals surface area contributed by atoms with Crippen molar-refractivity contribution < 1.29 is 28.5 Å². The molecule has 4 aliphatic rings. The van der Waals surface area contributed by atoms with E-state index in [1.807, 2.05) is 0 Å². The number of aliphatic hydroxyl groups excluding tert-OH is 1. The molecule has 4 heterocycles. The number of hydrogen-bond acceptors (Lipinski definition) is 6. The molecule has 1 N–H and O–H groups in total. The van der Waals surface area contributed by atoms with E-state index in [0.29, 0.717) is 13.0 Å². The molecule has 3 saturated heterocycles. The molecule has 0 aromatic heterocycles. The first-order chi connectivity index (χ1) is 13.9. The lowest BCUT2D eigenvalue weighted by Crippen LogP contribution is -2.53. The van der Waals surface area contributed by atoms with Crippen molar-refractivity contribution in [3.8, 4) is 0 Å². The number of rotatable bonds is 4. The van der Waals surface area contributed by atoms with E-state index in [4.69, 9.17) is 23.4 Å². The van der Waals surface area contributed by atoms with Crippen molar-refractivity contribution >= 4 is 8.32 Å². The van der Waals surface area contributed by atoms with Gasteiger partial charge in [0.25, 0.3) is 0 Å². The van der Waals surface area contributed by atoms with Crippen LogP contribution in [0.2, 0.25) is 18.1 Å². The zero-order valence-corrected chi connectivity index (χ0v) is 20.5. The second kappa shape index (κ2) is 7.94. The molecular weight excluding hydrogens is 400 g/mol. The molecule has 4 aliphatic heterocycles. The quantitative estimate of drug-likeness (QED) is 0.514. The first kappa shape index (κ1) is 22.9. The molecule has 0 saturated carbocycles. The van der Waals surface area contributed by atoms with Gasteiger partial charge in [0.2, 0.25) is 0 Å². The van der Waals surface area contributed by atoms with E-state index in [-0.39, 0.29) is 29.3 Å². The van der Waals surface area contributed by atoms with Gasteiger partial charge in [-0.05, 0) is 31.0 Å². The molecule has 0 aliphatic carbocycles. The van der Waals surface area contributed by atoms with E-state index in [1.54, 1.807) is 0 Å². The van der Waals surface area contributed by atoms with Gasteiger partial charge in [-0.2, -0.15) is 0 Å². The summed E-state index contributed by atoms with van der Waals surface area (Å²) in [6.45, 7) is 14.2. The number of ether oxygens (including phenoxy) is 4. The minimum absolute atomic E-state index is 0.00181. The fourth-order valence-corrected chi connectivity index (χ4v) is 5.99. The van der Waals surface area contributed by atoms with Crippen molar-refractivity contribution in [3.63, 3.8) is 0 Å². The standard InChI is InChI=1S/C23H40O6Si/c1-16-14-18-19(15-20(24)26-18)28-23(16)12-11-22(29-23)10-7-8-17(27-22)9-13-25-30(5,6)21(2,3)4/h7-8,16-20,24H,9-15H2,1-6H3/t16-,17+,18-,19-,20?,22+,23-/m1/s1. The second-order valence-corrected chi connectivity index (χ2v) is 16.0. The molecule has 172 valence electrons. The molecule has 0 aromatic rings. The zero-order chi connectivity index (χ0) is 21.8. The van der Waals surface area contributed by atoms with Gasteiger partial charge in [0.1, 0.15) is 0 Å². The average Bonchev–Trinajstić information content (AvgIpc) is 3.15. The Balaban J connectivity index is 1.35. The van der Waals surface area contributed by atoms with E-state index >= 15 is 0 Å². The Morgan fingerprint density at radius 3 is 2.63 bits per heavy atom. The Bertz CT molecular complexity index is 661. The van der Waals surface area contributed by atoms with Crippen LogP contribution in [-0.4, -0.2) is 56.2 Å². The van der Waals surface area contributed by atoms with E-state index < -0.39 is 26.2 Å². The molecule has 0 bridgehead atoms. The molecule has 0 aromatic carbocycles. The van der Waals surface area contributed by atoms with Crippen LogP contribution < -0.4 is 0 Å². The summed E-state index contributed by atoms with van der Waals surface area (Å²) in [6.07, 6.45) is 8.07. The van der Waals surface area contributed by atoms with Crippen LogP contribution in [0.1, 0.15) is 66.2 Å². The smallest absolute Gasteiger partial charge is 0.191 e. The summed E-state index contributed by atoms with van der Waals surface area (Å²) in [5, 5.41) is 10.1. The average molecular weight is 441 g/mol. The lowest BCUT2D eigenvalue weighted by atomic mass is 9.86. The Labute approximate surface area is 182 Å². The van der Waals surface area contributed by atoms with Gasteiger partial charge >= 0.3 is 0 Å². The van der Waals surface area contributed by atoms with Crippen molar-refractivity contribution in [1.29, 1.82) is 0 Å². The van der Waals surface area contributed by atoms with Gasteiger partial charge in [-0.3, -0.25) is 0 Å². The molecule has 3 fully saturated rings. The topological polar surface area (TPSA) is 66.4 Å². The Morgan fingerprint density at radius 2 is 1.90 bits per heavy atom. The Morgan fingerprint density at radius 1 is 1.13 bits per heavy atom. The van der Waals surface area contributed by atoms with Crippen LogP contribution in [-0.2, 0) is 23.4 Å².